The molecule has 0 saturated carbocycles. The van der Waals surface area contributed by atoms with Crippen LogP contribution in [-0.2, 0) is 6.54 Å². The normalized spacial score (nSPS) is 16.8. The predicted octanol–water partition coefficient (Wildman–Crippen LogP) is 1.24. The van der Waals surface area contributed by atoms with Gasteiger partial charge < -0.3 is 15.2 Å². The van der Waals surface area contributed by atoms with Crippen LogP contribution < -0.4 is 11.3 Å². The van der Waals surface area contributed by atoms with Gasteiger partial charge in [-0.3, -0.25) is 9.78 Å². The average molecular weight is 309 g/mol. The largest absolute Gasteiger partial charge is 0.328 e. The van der Waals surface area contributed by atoms with Crippen LogP contribution in [0.2, 0.25) is 0 Å². The van der Waals surface area contributed by atoms with Crippen LogP contribution in [0.5, 0.6) is 0 Å². The number of nitrogens with two attached hydrogens (primary N) is 1. The maximum absolute atomic E-state index is 12.1. The van der Waals surface area contributed by atoms with Gasteiger partial charge in [-0.1, -0.05) is 0 Å². The number of aromatic nitrogens is 2. The lowest BCUT2D eigenvalue weighted by atomic mass is 10.1. The highest BCUT2D eigenvalue weighted by Gasteiger charge is 2.15. The SMILES string of the molecule is Cl.NC1CCN(CCn2c(=O)ccc3ccncc32)CC1. The first-order chi connectivity index (χ1) is 9.74. The van der Waals surface area contributed by atoms with Gasteiger partial charge in [-0.05, 0) is 38.1 Å². The summed E-state index contributed by atoms with van der Waals surface area (Å²) >= 11 is 0. The van der Waals surface area contributed by atoms with Gasteiger partial charge in [0, 0.05) is 36.8 Å². The number of hydrogen-bond acceptors (Lipinski definition) is 4. The third kappa shape index (κ3) is 3.61. The molecule has 1 aliphatic rings. The molecular formula is C15H21ClN4O. The van der Waals surface area contributed by atoms with E-state index in [1.807, 2.05) is 16.7 Å². The summed E-state index contributed by atoms with van der Waals surface area (Å²) in [5, 5.41) is 1.06. The van der Waals surface area contributed by atoms with E-state index in [0.717, 1.165) is 43.4 Å². The lowest BCUT2D eigenvalue weighted by Crippen LogP contribution is -2.41. The Morgan fingerprint density at radius 2 is 1.95 bits per heavy atom. The van der Waals surface area contributed by atoms with Crippen molar-refractivity contribution in [2.45, 2.75) is 25.4 Å². The Hall–Kier alpha value is -1.43. The Kier molecular flexibility index (Phi) is 5.33. The third-order valence-corrected chi connectivity index (χ3v) is 4.07. The monoisotopic (exact) mass is 308 g/mol. The molecule has 2 N–H and O–H groups in total. The minimum atomic E-state index is 0. The summed E-state index contributed by atoms with van der Waals surface area (Å²) in [4.78, 5) is 18.6. The predicted molar refractivity (Wildman–Crippen MR) is 86.9 cm³/mol. The van der Waals surface area contributed by atoms with Crippen molar-refractivity contribution in [3.63, 3.8) is 0 Å². The molecule has 2 aromatic heterocycles. The molecule has 0 bridgehead atoms. The van der Waals surface area contributed by atoms with Crippen LogP contribution in [0.15, 0.2) is 35.4 Å². The highest BCUT2D eigenvalue weighted by atomic mass is 35.5. The van der Waals surface area contributed by atoms with Gasteiger partial charge in [0.15, 0.2) is 0 Å². The lowest BCUT2D eigenvalue weighted by molar-refractivity contribution is 0.206. The molecule has 21 heavy (non-hydrogen) atoms. The van der Waals surface area contributed by atoms with Crippen LogP contribution in [0.25, 0.3) is 10.9 Å². The molecule has 3 heterocycles. The molecule has 1 aliphatic heterocycles. The summed E-state index contributed by atoms with van der Waals surface area (Å²) in [7, 11) is 0. The van der Waals surface area contributed by atoms with Gasteiger partial charge in [0.1, 0.15) is 0 Å². The van der Waals surface area contributed by atoms with Gasteiger partial charge >= 0.3 is 0 Å². The molecule has 0 amide bonds. The van der Waals surface area contributed by atoms with Crippen molar-refractivity contribution in [2.75, 3.05) is 19.6 Å². The molecule has 6 heteroatoms. The Labute approximate surface area is 130 Å². The van der Waals surface area contributed by atoms with Gasteiger partial charge in [0.25, 0.3) is 5.56 Å². The molecule has 3 rings (SSSR count). The standard InChI is InChI=1S/C15H20N4O.ClH/c16-13-4-7-18(8-5-13)9-10-19-14-11-17-6-3-12(14)1-2-15(19)20;/h1-3,6,11,13H,4-5,7-10,16H2;1H. The Bertz CT molecular complexity index is 649. The molecule has 114 valence electrons. The molecule has 0 atom stereocenters. The maximum Gasteiger partial charge on any atom is 0.251 e. The summed E-state index contributed by atoms with van der Waals surface area (Å²) < 4.78 is 1.82. The van der Waals surface area contributed by atoms with Crippen LogP contribution in [0.1, 0.15) is 12.8 Å². The number of likely N-dealkylation sites (tertiary alicyclic amines) is 1. The van der Waals surface area contributed by atoms with E-state index in [2.05, 4.69) is 9.88 Å². The number of piperidine rings is 1. The molecule has 0 aromatic carbocycles. The van der Waals surface area contributed by atoms with E-state index in [4.69, 9.17) is 5.73 Å². The molecule has 0 aliphatic carbocycles. The first-order valence-corrected chi connectivity index (χ1v) is 7.15. The average Bonchev–Trinajstić information content (AvgIpc) is 2.48. The smallest absolute Gasteiger partial charge is 0.251 e. The molecule has 1 fully saturated rings. The van der Waals surface area contributed by atoms with E-state index in [1.165, 1.54) is 0 Å². The summed E-state index contributed by atoms with van der Waals surface area (Å²) in [6.45, 7) is 3.65. The van der Waals surface area contributed by atoms with Crippen molar-refractivity contribution in [1.82, 2.24) is 14.5 Å². The van der Waals surface area contributed by atoms with E-state index >= 15 is 0 Å². The second-order valence-corrected chi connectivity index (χ2v) is 5.44. The van der Waals surface area contributed by atoms with Crippen molar-refractivity contribution in [3.05, 3.63) is 40.9 Å². The van der Waals surface area contributed by atoms with Crippen LogP contribution in [-0.4, -0.2) is 40.1 Å². The van der Waals surface area contributed by atoms with Gasteiger partial charge in [-0.15, -0.1) is 12.4 Å². The first-order valence-electron chi connectivity index (χ1n) is 7.15. The zero-order valence-corrected chi connectivity index (χ0v) is 12.8. The maximum atomic E-state index is 12.1. The molecule has 0 radical (unpaired) electrons. The fraction of sp³-hybridized carbons (Fsp3) is 0.467. The summed E-state index contributed by atoms with van der Waals surface area (Å²) in [5.41, 5.74) is 6.86. The van der Waals surface area contributed by atoms with Crippen molar-refractivity contribution in [3.8, 4) is 0 Å². The number of hydrogen-bond donors (Lipinski definition) is 1. The summed E-state index contributed by atoms with van der Waals surface area (Å²) in [6, 6.07) is 5.77. The Morgan fingerprint density at radius 3 is 2.71 bits per heavy atom. The molecule has 2 aromatic rings. The van der Waals surface area contributed by atoms with Crippen molar-refractivity contribution in [2.24, 2.45) is 5.73 Å². The Morgan fingerprint density at radius 1 is 1.19 bits per heavy atom. The molecule has 1 saturated heterocycles. The highest BCUT2D eigenvalue weighted by molar-refractivity contribution is 5.85. The number of nitrogens with zero attached hydrogens (tertiary/aromatic N) is 3. The molecule has 0 spiro atoms. The van der Waals surface area contributed by atoms with Crippen molar-refractivity contribution >= 4 is 23.3 Å². The fourth-order valence-corrected chi connectivity index (χ4v) is 2.78. The third-order valence-electron chi connectivity index (χ3n) is 4.07. The van der Waals surface area contributed by atoms with Crippen molar-refractivity contribution in [1.29, 1.82) is 0 Å². The first kappa shape index (κ1) is 15.9. The van der Waals surface area contributed by atoms with E-state index in [9.17, 15) is 4.79 Å². The number of rotatable bonds is 3. The van der Waals surface area contributed by atoms with E-state index < -0.39 is 0 Å². The number of pyridine rings is 2. The molecule has 0 unspecified atom stereocenters. The van der Waals surface area contributed by atoms with Crippen LogP contribution in [0.3, 0.4) is 0 Å². The topological polar surface area (TPSA) is 64.2 Å². The fourth-order valence-electron chi connectivity index (χ4n) is 2.78. The minimum absolute atomic E-state index is 0. The van der Waals surface area contributed by atoms with Crippen LogP contribution in [0.4, 0.5) is 0 Å². The summed E-state index contributed by atoms with van der Waals surface area (Å²) in [5.74, 6) is 0. The lowest BCUT2D eigenvalue weighted by Gasteiger charge is -2.30. The van der Waals surface area contributed by atoms with E-state index in [0.29, 0.717) is 12.6 Å². The molecular weight excluding hydrogens is 288 g/mol. The molecule has 5 nitrogen and oxygen atoms in total. The summed E-state index contributed by atoms with van der Waals surface area (Å²) in [6.07, 6.45) is 5.62. The van der Waals surface area contributed by atoms with Gasteiger partial charge in [0.2, 0.25) is 0 Å². The second-order valence-electron chi connectivity index (χ2n) is 5.44. The zero-order chi connectivity index (χ0) is 13.9. The van der Waals surface area contributed by atoms with Crippen molar-refractivity contribution < 1.29 is 0 Å². The number of halogens is 1. The minimum Gasteiger partial charge on any atom is -0.328 e. The van der Waals surface area contributed by atoms with Crippen LogP contribution in [0, 0.1) is 0 Å². The van der Waals surface area contributed by atoms with Gasteiger partial charge in [-0.2, -0.15) is 0 Å². The van der Waals surface area contributed by atoms with E-state index in [-0.39, 0.29) is 18.0 Å². The Balaban J connectivity index is 0.00000161. The van der Waals surface area contributed by atoms with Gasteiger partial charge in [-0.25, -0.2) is 0 Å². The van der Waals surface area contributed by atoms with E-state index in [1.54, 1.807) is 18.5 Å². The second kappa shape index (κ2) is 7.02. The quantitative estimate of drug-likeness (QED) is 0.926. The zero-order valence-electron chi connectivity index (χ0n) is 11.9. The van der Waals surface area contributed by atoms with Crippen LogP contribution >= 0.6 is 12.4 Å². The van der Waals surface area contributed by atoms with Gasteiger partial charge in [0.05, 0.1) is 11.7 Å². The number of fused-ring (bicyclic) bond motifs is 1. The highest BCUT2D eigenvalue weighted by Crippen LogP contribution is 2.11.